The van der Waals surface area contributed by atoms with E-state index in [1.165, 1.54) is 0 Å². The molecule has 0 aliphatic carbocycles. The minimum absolute atomic E-state index is 0.0899. The van der Waals surface area contributed by atoms with Gasteiger partial charge in [0.05, 0.1) is 30.6 Å². The Hall–Kier alpha value is -3.86. The van der Waals surface area contributed by atoms with E-state index in [9.17, 15) is 4.79 Å². The van der Waals surface area contributed by atoms with Crippen molar-refractivity contribution >= 4 is 17.4 Å². The molecule has 2 aromatic heterocycles. The van der Waals surface area contributed by atoms with Gasteiger partial charge in [-0.2, -0.15) is 10.4 Å². The van der Waals surface area contributed by atoms with Crippen LogP contribution in [0, 0.1) is 17.2 Å². The van der Waals surface area contributed by atoms with Gasteiger partial charge in [-0.1, -0.05) is 12.1 Å². The zero-order chi connectivity index (χ0) is 23.4. The Kier molecular flexibility index (Phi) is 6.59. The van der Waals surface area contributed by atoms with Gasteiger partial charge in [-0.25, -0.2) is 4.98 Å². The van der Waals surface area contributed by atoms with E-state index >= 15 is 0 Å². The first-order valence-electron chi connectivity index (χ1n) is 11.1. The van der Waals surface area contributed by atoms with Crippen molar-refractivity contribution in [1.29, 1.82) is 5.26 Å². The van der Waals surface area contributed by atoms with Gasteiger partial charge >= 0.3 is 0 Å². The van der Waals surface area contributed by atoms with Crippen LogP contribution >= 0.6 is 0 Å². The second kappa shape index (κ2) is 9.74. The van der Waals surface area contributed by atoms with Crippen LogP contribution in [0.2, 0.25) is 0 Å². The van der Waals surface area contributed by atoms with E-state index < -0.39 is 0 Å². The molecular formula is C25H28N6O2. The van der Waals surface area contributed by atoms with E-state index in [2.05, 4.69) is 21.1 Å². The number of aromatic nitrogens is 3. The summed E-state index contributed by atoms with van der Waals surface area (Å²) in [5.74, 6) is 1.62. The number of ether oxygens (including phenoxy) is 1. The Morgan fingerprint density at radius 2 is 2.03 bits per heavy atom. The number of hydrogen-bond acceptors (Lipinski definition) is 6. The van der Waals surface area contributed by atoms with E-state index in [1.54, 1.807) is 30.3 Å². The lowest BCUT2D eigenvalue weighted by molar-refractivity contribution is -0.123. The number of methoxy groups -OCH3 is 1. The van der Waals surface area contributed by atoms with Crippen LogP contribution in [0.25, 0.3) is 0 Å². The average Bonchev–Trinajstić information content (AvgIpc) is 3.29. The predicted octanol–water partition coefficient (Wildman–Crippen LogP) is 3.71. The molecule has 0 radical (unpaired) electrons. The van der Waals surface area contributed by atoms with Crippen LogP contribution in [0.1, 0.15) is 36.9 Å². The third-order valence-electron chi connectivity index (χ3n) is 6.22. The van der Waals surface area contributed by atoms with Gasteiger partial charge in [-0.3, -0.25) is 9.48 Å². The standard InChI is InChI=1S/C25H28N6O2/c1-18(21-5-4-6-23(13-21)33-3)31(22-16-28-29(2)17-22)25(32)20-9-11-30(12-10-20)24-8-7-19(14-26)15-27-24/h4-8,13,15-18,20H,9-12H2,1-3H3/t18-/m0/s1. The Morgan fingerprint density at radius 3 is 2.64 bits per heavy atom. The first-order chi connectivity index (χ1) is 16.0. The van der Waals surface area contributed by atoms with E-state index in [4.69, 9.17) is 10.00 Å². The van der Waals surface area contributed by atoms with Crippen LogP contribution in [0.4, 0.5) is 11.5 Å². The van der Waals surface area contributed by atoms with Gasteiger partial charge < -0.3 is 14.5 Å². The van der Waals surface area contributed by atoms with Crippen molar-refractivity contribution < 1.29 is 9.53 Å². The molecule has 1 aliphatic heterocycles. The monoisotopic (exact) mass is 444 g/mol. The number of piperidine rings is 1. The number of hydrogen-bond donors (Lipinski definition) is 0. The van der Waals surface area contributed by atoms with Crippen molar-refractivity contribution in [3.63, 3.8) is 0 Å². The minimum Gasteiger partial charge on any atom is -0.497 e. The molecule has 0 unspecified atom stereocenters. The normalized spacial score (nSPS) is 15.0. The fraction of sp³-hybridized carbons (Fsp3) is 0.360. The highest BCUT2D eigenvalue weighted by atomic mass is 16.5. The summed E-state index contributed by atoms with van der Waals surface area (Å²) in [6, 6.07) is 13.4. The summed E-state index contributed by atoms with van der Waals surface area (Å²) in [7, 11) is 3.50. The quantitative estimate of drug-likeness (QED) is 0.576. The first kappa shape index (κ1) is 22.3. The number of benzene rings is 1. The van der Waals surface area contributed by atoms with Gasteiger partial charge in [0.1, 0.15) is 17.6 Å². The molecular weight excluding hydrogens is 416 g/mol. The highest BCUT2D eigenvalue weighted by Crippen LogP contribution is 2.33. The van der Waals surface area contributed by atoms with Crippen molar-refractivity contribution in [2.24, 2.45) is 13.0 Å². The summed E-state index contributed by atoms with van der Waals surface area (Å²) >= 11 is 0. The summed E-state index contributed by atoms with van der Waals surface area (Å²) in [6.45, 7) is 3.52. The van der Waals surface area contributed by atoms with Crippen molar-refractivity contribution in [3.05, 3.63) is 66.1 Å². The number of nitrogens with zero attached hydrogens (tertiary/aromatic N) is 6. The number of nitriles is 1. The second-order valence-corrected chi connectivity index (χ2v) is 8.31. The van der Waals surface area contributed by atoms with Crippen molar-refractivity contribution in [2.45, 2.75) is 25.8 Å². The molecule has 1 amide bonds. The number of carbonyl (C=O) groups excluding carboxylic acids is 1. The predicted molar refractivity (Wildman–Crippen MR) is 126 cm³/mol. The zero-order valence-electron chi connectivity index (χ0n) is 19.2. The van der Waals surface area contributed by atoms with Gasteiger partial charge in [0, 0.05) is 38.4 Å². The summed E-state index contributed by atoms with van der Waals surface area (Å²) in [6.07, 6.45) is 6.69. The number of anilines is 2. The highest BCUT2D eigenvalue weighted by Gasteiger charge is 2.33. The molecule has 8 heteroatoms. The van der Waals surface area contributed by atoms with Crippen molar-refractivity contribution in [3.8, 4) is 11.8 Å². The van der Waals surface area contributed by atoms with E-state index in [1.807, 2.05) is 55.4 Å². The molecule has 1 saturated heterocycles. The molecule has 1 aromatic carbocycles. The fourth-order valence-corrected chi connectivity index (χ4v) is 4.32. The summed E-state index contributed by atoms with van der Waals surface area (Å²) < 4.78 is 7.11. The third-order valence-corrected chi connectivity index (χ3v) is 6.22. The molecule has 8 nitrogen and oxygen atoms in total. The molecule has 3 aromatic rings. The van der Waals surface area contributed by atoms with E-state index in [0.29, 0.717) is 5.56 Å². The molecule has 3 heterocycles. The van der Waals surface area contributed by atoms with Gasteiger partial charge in [0.2, 0.25) is 5.91 Å². The van der Waals surface area contributed by atoms with Gasteiger partial charge in [0.25, 0.3) is 0 Å². The molecule has 1 aliphatic rings. The smallest absolute Gasteiger partial charge is 0.230 e. The molecule has 1 atom stereocenters. The number of carbonyl (C=O) groups is 1. The SMILES string of the molecule is COc1cccc([C@H](C)N(C(=O)C2CCN(c3ccc(C#N)cn3)CC2)c2cnn(C)c2)c1. The van der Waals surface area contributed by atoms with Gasteiger partial charge in [-0.05, 0) is 49.6 Å². The largest absolute Gasteiger partial charge is 0.497 e. The lowest BCUT2D eigenvalue weighted by Crippen LogP contribution is -2.44. The third kappa shape index (κ3) is 4.82. The van der Waals surface area contributed by atoms with E-state index in [0.717, 1.165) is 48.7 Å². The van der Waals surface area contributed by atoms with Crippen molar-refractivity contribution in [1.82, 2.24) is 14.8 Å². The molecule has 0 spiro atoms. The Bertz CT molecular complexity index is 1140. The molecule has 33 heavy (non-hydrogen) atoms. The first-order valence-corrected chi connectivity index (χ1v) is 11.1. The fourth-order valence-electron chi connectivity index (χ4n) is 4.32. The zero-order valence-corrected chi connectivity index (χ0v) is 19.2. The van der Waals surface area contributed by atoms with Crippen LogP contribution in [0.5, 0.6) is 5.75 Å². The van der Waals surface area contributed by atoms with Crippen LogP contribution in [0.3, 0.4) is 0 Å². The van der Waals surface area contributed by atoms with Crippen LogP contribution in [-0.2, 0) is 11.8 Å². The summed E-state index contributed by atoms with van der Waals surface area (Å²) in [5, 5.41) is 13.3. The number of amides is 1. The van der Waals surface area contributed by atoms with Crippen molar-refractivity contribution in [2.75, 3.05) is 30.0 Å². The lowest BCUT2D eigenvalue weighted by atomic mass is 9.93. The molecule has 0 N–H and O–H groups in total. The summed E-state index contributed by atoms with van der Waals surface area (Å²) in [4.78, 5) is 22.2. The van der Waals surface area contributed by atoms with E-state index in [-0.39, 0.29) is 17.9 Å². The highest BCUT2D eigenvalue weighted by molar-refractivity contribution is 5.95. The molecule has 0 bridgehead atoms. The van der Waals surface area contributed by atoms with Crippen LogP contribution in [-0.4, -0.2) is 40.9 Å². The van der Waals surface area contributed by atoms with Crippen LogP contribution in [0.15, 0.2) is 55.0 Å². The number of pyridine rings is 1. The minimum atomic E-state index is -0.171. The molecule has 0 saturated carbocycles. The maximum absolute atomic E-state index is 13.8. The Labute approximate surface area is 194 Å². The Balaban J connectivity index is 1.52. The number of aryl methyl sites for hydroxylation is 1. The van der Waals surface area contributed by atoms with Gasteiger partial charge in [0.15, 0.2) is 0 Å². The number of rotatable bonds is 6. The van der Waals surface area contributed by atoms with Gasteiger partial charge in [-0.15, -0.1) is 0 Å². The second-order valence-electron chi connectivity index (χ2n) is 8.31. The summed E-state index contributed by atoms with van der Waals surface area (Å²) in [5.41, 5.74) is 2.34. The maximum atomic E-state index is 13.8. The topological polar surface area (TPSA) is 87.3 Å². The molecule has 4 rings (SSSR count). The lowest BCUT2D eigenvalue weighted by Gasteiger charge is -2.36. The molecule has 170 valence electrons. The van der Waals surface area contributed by atoms with Crippen LogP contribution < -0.4 is 14.5 Å². The average molecular weight is 445 g/mol. The Morgan fingerprint density at radius 1 is 1.24 bits per heavy atom. The maximum Gasteiger partial charge on any atom is 0.230 e. The molecule has 1 fully saturated rings.